The summed E-state index contributed by atoms with van der Waals surface area (Å²) in [5, 5.41) is 10.8. The molecule has 3 heteroatoms. The molecule has 4 aromatic rings. The van der Waals surface area contributed by atoms with Crippen LogP contribution in [0.4, 0.5) is 0 Å². The van der Waals surface area contributed by atoms with Crippen LogP contribution < -0.4 is 0 Å². The molecule has 0 heterocycles. The van der Waals surface area contributed by atoms with Gasteiger partial charge in [0.2, 0.25) is 0 Å². The van der Waals surface area contributed by atoms with E-state index in [1.807, 2.05) is 97.1 Å². The Labute approximate surface area is 169 Å². The number of rotatable bonds is 5. The van der Waals surface area contributed by atoms with E-state index in [1.165, 1.54) is 0 Å². The van der Waals surface area contributed by atoms with E-state index in [1.54, 1.807) is 6.07 Å². The maximum absolute atomic E-state index is 12.9. The maximum atomic E-state index is 12.9. The second-order valence-electron chi connectivity index (χ2n) is 6.71. The minimum Gasteiger partial charge on any atom is -0.507 e. The van der Waals surface area contributed by atoms with Gasteiger partial charge in [0.1, 0.15) is 17.9 Å². The summed E-state index contributed by atoms with van der Waals surface area (Å²) < 4.78 is 5.50. The second kappa shape index (κ2) is 8.44. The van der Waals surface area contributed by atoms with Crippen LogP contribution in [-0.2, 0) is 11.3 Å². The fraction of sp³-hybridized carbons (Fsp3) is 0.0385. The van der Waals surface area contributed by atoms with Crippen LogP contribution in [0.2, 0.25) is 0 Å². The average molecular weight is 380 g/mol. The quantitative estimate of drug-likeness (QED) is 0.427. The van der Waals surface area contributed by atoms with Gasteiger partial charge < -0.3 is 9.84 Å². The molecule has 0 radical (unpaired) electrons. The highest BCUT2D eigenvalue weighted by atomic mass is 16.5. The first kappa shape index (κ1) is 18.5. The molecule has 0 saturated heterocycles. The van der Waals surface area contributed by atoms with E-state index in [0.29, 0.717) is 5.56 Å². The maximum Gasteiger partial charge on any atom is 0.342 e. The van der Waals surface area contributed by atoms with Gasteiger partial charge in [-0.25, -0.2) is 4.79 Å². The average Bonchev–Trinajstić information content (AvgIpc) is 2.79. The van der Waals surface area contributed by atoms with Crippen LogP contribution in [-0.4, -0.2) is 11.1 Å². The number of aromatic hydroxyl groups is 1. The molecular formula is C26H20O3. The number of phenols is 1. The molecule has 4 aromatic carbocycles. The van der Waals surface area contributed by atoms with Crippen LogP contribution in [0.25, 0.3) is 22.3 Å². The van der Waals surface area contributed by atoms with Crippen molar-refractivity contribution >= 4 is 5.97 Å². The summed E-state index contributed by atoms with van der Waals surface area (Å²) in [7, 11) is 0. The standard InChI is InChI=1S/C26H20O3/c27-24-17-22(20-12-6-2-7-13-20)16-23(21-14-8-3-9-15-21)25(24)26(28)29-18-19-10-4-1-5-11-19/h1-17,27H,18H2. The van der Waals surface area contributed by atoms with Gasteiger partial charge in [-0.1, -0.05) is 91.0 Å². The highest BCUT2D eigenvalue weighted by molar-refractivity contribution is 6.01. The molecule has 3 nitrogen and oxygen atoms in total. The van der Waals surface area contributed by atoms with E-state index < -0.39 is 5.97 Å². The minimum absolute atomic E-state index is 0.0942. The van der Waals surface area contributed by atoms with E-state index in [0.717, 1.165) is 22.3 Å². The Balaban J connectivity index is 1.75. The van der Waals surface area contributed by atoms with E-state index in [4.69, 9.17) is 4.74 Å². The first-order valence-electron chi connectivity index (χ1n) is 9.41. The van der Waals surface area contributed by atoms with E-state index in [9.17, 15) is 9.90 Å². The van der Waals surface area contributed by atoms with Crippen LogP contribution in [0, 0.1) is 0 Å². The van der Waals surface area contributed by atoms with Crippen molar-refractivity contribution in [2.24, 2.45) is 0 Å². The van der Waals surface area contributed by atoms with Crippen LogP contribution in [0.5, 0.6) is 5.75 Å². The number of carbonyl (C=O) groups excluding carboxylic acids is 1. The lowest BCUT2D eigenvalue weighted by Gasteiger charge is -2.14. The molecule has 0 unspecified atom stereocenters. The van der Waals surface area contributed by atoms with Crippen LogP contribution in [0.15, 0.2) is 103 Å². The third kappa shape index (κ3) is 4.19. The Morgan fingerprint density at radius 3 is 1.86 bits per heavy atom. The smallest absolute Gasteiger partial charge is 0.342 e. The number of phenolic OH excluding ortho intramolecular Hbond substituents is 1. The molecule has 0 aliphatic rings. The van der Waals surface area contributed by atoms with E-state index >= 15 is 0 Å². The lowest BCUT2D eigenvalue weighted by Crippen LogP contribution is -2.08. The monoisotopic (exact) mass is 380 g/mol. The van der Waals surface area contributed by atoms with Gasteiger partial charge in [0.15, 0.2) is 0 Å². The van der Waals surface area contributed by atoms with E-state index in [-0.39, 0.29) is 17.9 Å². The summed E-state index contributed by atoms with van der Waals surface area (Å²) in [4.78, 5) is 12.9. The number of hydrogen-bond acceptors (Lipinski definition) is 3. The number of benzene rings is 4. The molecule has 1 N–H and O–H groups in total. The van der Waals surface area contributed by atoms with Gasteiger partial charge in [-0.3, -0.25) is 0 Å². The molecule has 0 fully saturated rings. The molecule has 142 valence electrons. The van der Waals surface area contributed by atoms with Gasteiger partial charge in [-0.05, 0) is 34.4 Å². The van der Waals surface area contributed by atoms with Crippen molar-refractivity contribution in [3.8, 4) is 28.0 Å². The Morgan fingerprint density at radius 1 is 0.690 bits per heavy atom. The molecule has 0 amide bonds. The Kier molecular flexibility index (Phi) is 5.39. The molecule has 29 heavy (non-hydrogen) atoms. The summed E-state index contributed by atoms with van der Waals surface area (Å²) in [6.45, 7) is 0.147. The van der Waals surface area contributed by atoms with Crippen molar-refractivity contribution in [3.05, 3.63) is 114 Å². The molecule has 0 aliphatic heterocycles. The highest BCUT2D eigenvalue weighted by Crippen LogP contribution is 2.36. The highest BCUT2D eigenvalue weighted by Gasteiger charge is 2.21. The Hall–Kier alpha value is -3.85. The third-order valence-corrected chi connectivity index (χ3v) is 4.73. The topological polar surface area (TPSA) is 46.5 Å². The minimum atomic E-state index is -0.551. The number of carbonyl (C=O) groups is 1. The van der Waals surface area contributed by atoms with Gasteiger partial charge in [0.05, 0.1) is 0 Å². The summed E-state index contributed by atoms with van der Waals surface area (Å²) in [5.74, 6) is -0.645. The number of hydrogen-bond donors (Lipinski definition) is 1. The fourth-order valence-corrected chi connectivity index (χ4v) is 3.28. The summed E-state index contributed by atoms with van der Waals surface area (Å²) in [6, 6.07) is 32.3. The van der Waals surface area contributed by atoms with Crippen molar-refractivity contribution in [2.75, 3.05) is 0 Å². The van der Waals surface area contributed by atoms with Gasteiger partial charge in [0.25, 0.3) is 0 Å². The largest absolute Gasteiger partial charge is 0.507 e. The molecule has 0 aliphatic carbocycles. The number of ether oxygens (including phenoxy) is 1. The fourth-order valence-electron chi connectivity index (χ4n) is 3.28. The second-order valence-corrected chi connectivity index (χ2v) is 6.71. The molecule has 0 atom stereocenters. The molecule has 0 saturated carbocycles. The molecule has 0 aromatic heterocycles. The number of esters is 1. The van der Waals surface area contributed by atoms with Gasteiger partial charge >= 0.3 is 5.97 Å². The summed E-state index contributed by atoms with van der Waals surface area (Å²) in [5.41, 5.74) is 4.34. The Morgan fingerprint density at radius 2 is 1.24 bits per heavy atom. The molecule has 0 bridgehead atoms. The normalized spacial score (nSPS) is 10.5. The zero-order valence-electron chi connectivity index (χ0n) is 15.8. The van der Waals surface area contributed by atoms with Gasteiger partial charge in [-0.2, -0.15) is 0 Å². The zero-order valence-corrected chi connectivity index (χ0v) is 15.8. The summed E-state index contributed by atoms with van der Waals surface area (Å²) >= 11 is 0. The predicted molar refractivity (Wildman–Crippen MR) is 115 cm³/mol. The third-order valence-electron chi connectivity index (χ3n) is 4.73. The van der Waals surface area contributed by atoms with Crippen molar-refractivity contribution < 1.29 is 14.6 Å². The van der Waals surface area contributed by atoms with Gasteiger partial charge in [-0.15, -0.1) is 0 Å². The summed E-state index contributed by atoms with van der Waals surface area (Å²) in [6.07, 6.45) is 0. The van der Waals surface area contributed by atoms with Gasteiger partial charge in [0, 0.05) is 5.56 Å². The van der Waals surface area contributed by atoms with Crippen molar-refractivity contribution in [1.29, 1.82) is 0 Å². The SMILES string of the molecule is O=C(OCc1ccccc1)c1c(O)cc(-c2ccccc2)cc1-c1ccccc1. The Bertz CT molecular complexity index is 1100. The van der Waals surface area contributed by atoms with Crippen LogP contribution in [0.3, 0.4) is 0 Å². The predicted octanol–water partition coefficient (Wildman–Crippen LogP) is 6.08. The first-order valence-corrected chi connectivity index (χ1v) is 9.41. The lowest BCUT2D eigenvalue weighted by atomic mass is 9.93. The first-order chi connectivity index (χ1) is 14.2. The molecular weight excluding hydrogens is 360 g/mol. The van der Waals surface area contributed by atoms with E-state index in [2.05, 4.69) is 0 Å². The van der Waals surface area contributed by atoms with Crippen molar-refractivity contribution in [2.45, 2.75) is 6.61 Å². The molecule has 0 spiro atoms. The van der Waals surface area contributed by atoms with Crippen LogP contribution >= 0.6 is 0 Å². The van der Waals surface area contributed by atoms with Crippen molar-refractivity contribution in [3.63, 3.8) is 0 Å². The zero-order chi connectivity index (χ0) is 20.1. The van der Waals surface area contributed by atoms with Crippen molar-refractivity contribution in [1.82, 2.24) is 0 Å². The molecule has 4 rings (SSSR count). The van der Waals surface area contributed by atoms with Crippen LogP contribution in [0.1, 0.15) is 15.9 Å². The lowest BCUT2D eigenvalue weighted by molar-refractivity contribution is 0.0470.